The molecule has 0 saturated heterocycles. The van der Waals surface area contributed by atoms with Gasteiger partial charge in [-0.1, -0.05) is 66.2 Å². The van der Waals surface area contributed by atoms with Gasteiger partial charge < -0.3 is 5.32 Å². The number of nitrogens with one attached hydrogen (secondary N) is 1. The fourth-order valence-corrected chi connectivity index (χ4v) is 3.68. The van der Waals surface area contributed by atoms with Crippen LogP contribution < -0.4 is 5.32 Å². The van der Waals surface area contributed by atoms with Crippen molar-refractivity contribution in [2.75, 3.05) is 5.32 Å². The van der Waals surface area contributed by atoms with Crippen LogP contribution in [-0.4, -0.2) is 5.91 Å². The molecule has 1 amide bonds. The van der Waals surface area contributed by atoms with Gasteiger partial charge >= 0.3 is 0 Å². The molecule has 0 aliphatic heterocycles. The van der Waals surface area contributed by atoms with Gasteiger partial charge in [0.1, 0.15) is 0 Å². The first-order valence-electron chi connectivity index (χ1n) is 9.70. The van der Waals surface area contributed by atoms with Gasteiger partial charge in [0.2, 0.25) is 5.91 Å². The minimum absolute atomic E-state index is 0.0462. The second kappa shape index (κ2) is 7.85. The highest BCUT2D eigenvalue weighted by Crippen LogP contribution is 2.33. The Morgan fingerprint density at radius 2 is 1.68 bits per heavy atom. The number of carbonyl (C=O) groups is 1. The van der Waals surface area contributed by atoms with E-state index in [1.165, 1.54) is 16.7 Å². The quantitative estimate of drug-likeness (QED) is 0.573. The van der Waals surface area contributed by atoms with Crippen molar-refractivity contribution in [3.05, 3.63) is 102 Å². The number of aryl methyl sites for hydroxylation is 1. The van der Waals surface area contributed by atoms with Crippen molar-refractivity contribution < 1.29 is 4.79 Å². The lowest BCUT2D eigenvalue weighted by Gasteiger charge is -2.18. The third-order valence-electron chi connectivity index (χ3n) is 5.30. The minimum Gasteiger partial charge on any atom is -0.326 e. The van der Waals surface area contributed by atoms with Crippen molar-refractivity contribution in [2.24, 2.45) is 0 Å². The largest absolute Gasteiger partial charge is 0.326 e. The third-order valence-corrected chi connectivity index (χ3v) is 5.30. The van der Waals surface area contributed by atoms with E-state index >= 15 is 0 Å². The van der Waals surface area contributed by atoms with Crippen LogP contribution in [0, 0.1) is 13.8 Å². The number of hydrogen-bond donors (Lipinski definition) is 1. The number of anilines is 1. The maximum Gasteiger partial charge on any atom is 0.231 e. The Hall–Kier alpha value is -3.13. The standard InChI is InChI=1S/C26H24NO/c1-18-7-11-20(12-8-18)21-13-16-24-22(17-21)5-3-4-6-25(24)26(28)27-23-14-9-19(2)10-15-23/h3,5,7-17,25H,2,4,6H2,1H3,(H,27,28). The first-order valence-corrected chi connectivity index (χ1v) is 9.70. The highest BCUT2D eigenvalue weighted by atomic mass is 16.1. The van der Waals surface area contributed by atoms with Crippen LogP contribution in [0.25, 0.3) is 17.2 Å². The second-order valence-electron chi connectivity index (χ2n) is 7.43. The van der Waals surface area contributed by atoms with Crippen molar-refractivity contribution in [3.63, 3.8) is 0 Å². The monoisotopic (exact) mass is 366 g/mol. The summed E-state index contributed by atoms with van der Waals surface area (Å²) in [6.45, 7) is 5.98. The molecule has 3 aromatic rings. The summed E-state index contributed by atoms with van der Waals surface area (Å²) in [5.74, 6) is -0.110. The van der Waals surface area contributed by atoms with Crippen LogP contribution in [-0.2, 0) is 4.79 Å². The van der Waals surface area contributed by atoms with E-state index < -0.39 is 0 Å². The number of carbonyl (C=O) groups excluding carboxylic acids is 1. The van der Waals surface area contributed by atoms with Gasteiger partial charge in [-0.25, -0.2) is 0 Å². The van der Waals surface area contributed by atoms with Gasteiger partial charge in [-0.2, -0.15) is 0 Å². The van der Waals surface area contributed by atoms with Crippen LogP contribution in [0.15, 0.2) is 72.8 Å². The zero-order valence-electron chi connectivity index (χ0n) is 16.1. The first-order chi connectivity index (χ1) is 13.6. The molecule has 1 aliphatic carbocycles. The van der Waals surface area contributed by atoms with Crippen molar-refractivity contribution >= 4 is 17.7 Å². The second-order valence-corrected chi connectivity index (χ2v) is 7.43. The summed E-state index contributed by atoms with van der Waals surface area (Å²) in [6.07, 6.45) is 6.03. The maximum absolute atomic E-state index is 13.0. The molecule has 2 heteroatoms. The molecule has 1 unspecified atom stereocenters. The summed E-state index contributed by atoms with van der Waals surface area (Å²) in [5.41, 5.74) is 7.59. The van der Waals surface area contributed by atoms with Gasteiger partial charge in [0.05, 0.1) is 5.92 Å². The molecule has 0 saturated carbocycles. The molecule has 0 aromatic heterocycles. The molecule has 0 fully saturated rings. The van der Waals surface area contributed by atoms with Crippen molar-refractivity contribution in [1.82, 2.24) is 0 Å². The molecule has 0 heterocycles. The van der Waals surface area contributed by atoms with E-state index in [9.17, 15) is 4.79 Å². The lowest BCUT2D eigenvalue weighted by atomic mass is 9.89. The van der Waals surface area contributed by atoms with Gasteiger partial charge in [0.25, 0.3) is 0 Å². The molecular weight excluding hydrogens is 342 g/mol. The fourth-order valence-electron chi connectivity index (χ4n) is 3.68. The third kappa shape index (κ3) is 3.91. The van der Waals surface area contributed by atoms with E-state index in [0.29, 0.717) is 0 Å². The zero-order valence-corrected chi connectivity index (χ0v) is 16.1. The number of amides is 1. The molecule has 1 aliphatic rings. The molecule has 3 aromatic carbocycles. The smallest absolute Gasteiger partial charge is 0.231 e. The number of hydrogen-bond acceptors (Lipinski definition) is 1. The summed E-state index contributed by atoms with van der Waals surface area (Å²) in [5, 5.41) is 3.07. The van der Waals surface area contributed by atoms with Crippen LogP contribution >= 0.6 is 0 Å². The summed E-state index contributed by atoms with van der Waals surface area (Å²) < 4.78 is 0. The molecule has 1 N–H and O–H groups in total. The molecule has 4 rings (SSSR count). The normalized spacial score (nSPS) is 15.6. The maximum atomic E-state index is 13.0. The van der Waals surface area contributed by atoms with Crippen molar-refractivity contribution in [1.29, 1.82) is 0 Å². The Kier molecular flexibility index (Phi) is 5.12. The van der Waals surface area contributed by atoms with Crippen LogP contribution in [0.5, 0.6) is 0 Å². The predicted octanol–water partition coefficient (Wildman–Crippen LogP) is 6.37. The molecule has 139 valence electrons. The molecular formula is C26H24NO. The van der Waals surface area contributed by atoms with E-state index in [2.05, 4.69) is 73.8 Å². The Morgan fingerprint density at radius 1 is 0.964 bits per heavy atom. The zero-order chi connectivity index (χ0) is 19.5. The minimum atomic E-state index is -0.156. The Balaban J connectivity index is 1.62. The summed E-state index contributed by atoms with van der Waals surface area (Å²) >= 11 is 0. The first kappa shape index (κ1) is 18.2. The highest BCUT2D eigenvalue weighted by molar-refractivity contribution is 5.96. The van der Waals surface area contributed by atoms with E-state index in [1.807, 2.05) is 24.3 Å². The van der Waals surface area contributed by atoms with Gasteiger partial charge in [-0.15, -0.1) is 0 Å². The molecule has 1 atom stereocenters. The number of benzene rings is 3. The average Bonchev–Trinajstić information content (AvgIpc) is 2.92. The van der Waals surface area contributed by atoms with Crippen LogP contribution in [0.1, 0.15) is 41.0 Å². The van der Waals surface area contributed by atoms with Gasteiger partial charge in [-0.05, 0) is 72.7 Å². The van der Waals surface area contributed by atoms with Crippen molar-refractivity contribution in [2.45, 2.75) is 25.7 Å². The SMILES string of the molecule is [CH2]c1ccc(NC(=O)C2CCC=Cc3cc(-c4ccc(C)cc4)ccc32)cc1. The van der Waals surface area contributed by atoms with Crippen LogP contribution in [0.2, 0.25) is 0 Å². The number of allylic oxidation sites excluding steroid dienone is 1. The number of rotatable bonds is 3. The van der Waals surface area contributed by atoms with Crippen molar-refractivity contribution in [3.8, 4) is 11.1 Å². The predicted molar refractivity (Wildman–Crippen MR) is 117 cm³/mol. The van der Waals surface area contributed by atoms with Gasteiger partial charge in [0.15, 0.2) is 0 Å². The molecule has 2 nitrogen and oxygen atoms in total. The average molecular weight is 366 g/mol. The summed E-state index contributed by atoms with van der Waals surface area (Å²) in [7, 11) is 0. The molecule has 0 spiro atoms. The Labute approximate surface area is 166 Å². The molecule has 1 radical (unpaired) electrons. The van der Waals surface area contributed by atoms with Gasteiger partial charge in [0, 0.05) is 5.69 Å². The topological polar surface area (TPSA) is 29.1 Å². The fraction of sp³-hybridized carbons (Fsp3) is 0.154. The number of fused-ring (bicyclic) bond motifs is 1. The molecule has 0 bridgehead atoms. The lowest BCUT2D eigenvalue weighted by Crippen LogP contribution is -2.21. The Morgan fingerprint density at radius 3 is 2.43 bits per heavy atom. The molecule has 28 heavy (non-hydrogen) atoms. The van der Waals surface area contributed by atoms with E-state index in [0.717, 1.165) is 35.2 Å². The lowest BCUT2D eigenvalue weighted by molar-refractivity contribution is -0.117. The van der Waals surface area contributed by atoms with E-state index in [4.69, 9.17) is 0 Å². The van der Waals surface area contributed by atoms with E-state index in [-0.39, 0.29) is 11.8 Å². The summed E-state index contributed by atoms with van der Waals surface area (Å²) in [4.78, 5) is 13.0. The van der Waals surface area contributed by atoms with E-state index in [1.54, 1.807) is 0 Å². The van der Waals surface area contributed by atoms with Crippen LogP contribution in [0.4, 0.5) is 5.69 Å². The highest BCUT2D eigenvalue weighted by Gasteiger charge is 2.24. The summed E-state index contributed by atoms with van der Waals surface area (Å²) in [6, 6.07) is 22.6. The van der Waals surface area contributed by atoms with Gasteiger partial charge in [-0.3, -0.25) is 4.79 Å². The van der Waals surface area contributed by atoms with Crippen LogP contribution in [0.3, 0.4) is 0 Å². The Bertz CT molecular complexity index is 1010.